The lowest BCUT2D eigenvalue weighted by Gasteiger charge is -2.39. The van der Waals surface area contributed by atoms with Crippen molar-refractivity contribution in [3.05, 3.63) is 35.2 Å². The topological polar surface area (TPSA) is 50.5 Å². The minimum absolute atomic E-state index is 0.0221. The van der Waals surface area contributed by atoms with Crippen molar-refractivity contribution in [1.29, 1.82) is 0 Å². The predicted octanol–water partition coefficient (Wildman–Crippen LogP) is 2.51. The number of nitrogens with zero attached hydrogens (tertiary/aromatic N) is 1. The molecule has 0 radical (unpaired) electrons. The van der Waals surface area contributed by atoms with Crippen molar-refractivity contribution in [1.82, 2.24) is 10.3 Å². The number of rotatable bonds is 4. The van der Waals surface area contributed by atoms with Crippen molar-refractivity contribution >= 4 is 21.4 Å². The Bertz CT molecular complexity index is 598. The van der Waals surface area contributed by atoms with Gasteiger partial charge in [0.15, 0.2) is 0 Å². The number of hydrogen-bond acceptors (Lipinski definition) is 5. The summed E-state index contributed by atoms with van der Waals surface area (Å²) in [6.07, 6.45) is 0.0823. The number of morpholine rings is 1. The van der Waals surface area contributed by atoms with Crippen LogP contribution >= 0.6 is 11.3 Å². The lowest BCUT2D eigenvalue weighted by molar-refractivity contribution is -0.0559. The fourth-order valence-corrected chi connectivity index (χ4v) is 3.98. The van der Waals surface area contributed by atoms with E-state index in [1.807, 2.05) is 0 Å². The van der Waals surface area contributed by atoms with E-state index in [9.17, 15) is 0 Å². The summed E-state index contributed by atoms with van der Waals surface area (Å²) in [5.41, 5.74) is 4.22. The summed E-state index contributed by atoms with van der Waals surface area (Å²) < 4.78 is 7.31. The maximum atomic E-state index is 6.01. The third-order valence-electron chi connectivity index (χ3n) is 4.25. The summed E-state index contributed by atoms with van der Waals surface area (Å²) in [5, 5.41) is 3.40. The van der Waals surface area contributed by atoms with E-state index in [0.717, 1.165) is 19.7 Å². The smallest absolute Gasteiger partial charge is 0.0910 e. The number of hydrazine groups is 1. The second-order valence-corrected chi connectivity index (χ2v) is 6.74. The van der Waals surface area contributed by atoms with Crippen LogP contribution in [-0.4, -0.2) is 36.7 Å². The first kappa shape index (κ1) is 14.9. The van der Waals surface area contributed by atoms with Gasteiger partial charge in [0.05, 0.1) is 18.8 Å². The van der Waals surface area contributed by atoms with Crippen LogP contribution in [0.2, 0.25) is 0 Å². The van der Waals surface area contributed by atoms with Gasteiger partial charge in [-0.05, 0) is 36.2 Å². The number of fused-ring (bicyclic) bond motifs is 1. The Morgan fingerprint density at radius 3 is 3.00 bits per heavy atom. The van der Waals surface area contributed by atoms with Crippen molar-refractivity contribution in [3.63, 3.8) is 0 Å². The zero-order valence-electron chi connectivity index (χ0n) is 12.6. The second kappa shape index (κ2) is 6.42. The normalized spacial score (nSPS) is 22.0. The number of nitrogens with one attached hydrogen (secondary N) is 1. The minimum atomic E-state index is 0.0221. The highest BCUT2D eigenvalue weighted by molar-refractivity contribution is 7.17. The zero-order valence-corrected chi connectivity index (χ0v) is 13.4. The Morgan fingerprint density at radius 2 is 2.24 bits per heavy atom. The number of thiophene rings is 1. The largest absolute Gasteiger partial charge is 0.374 e. The highest BCUT2D eigenvalue weighted by Crippen LogP contribution is 2.32. The average Bonchev–Trinajstić information content (AvgIpc) is 2.97. The first-order valence-electron chi connectivity index (χ1n) is 7.48. The summed E-state index contributed by atoms with van der Waals surface area (Å²) in [4.78, 5) is 2.45. The summed E-state index contributed by atoms with van der Waals surface area (Å²) in [6.45, 7) is 7.13. The van der Waals surface area contributed by atoms with Gasteiger partial charge in [-0.3, -0.25) is 16.2 Å². The Labute approximate surface area is 129 Å². The molecule has 3 N–H and O–H groups in total. The van der Waals surface area contributed by atoms with Crippen LogP contribution in [0, 0.1) is 0 Å². The molecule has 1 fully saturated rings. The molecule has 4 nitrogen and oxygen atoms in total. The Morgan fingerprint density at radius 1 is 1.38 bits per heavy atom. The van der Waals surface area contributed by atoms with E-state index in [1.54, 1.807) is 11.3 Å². The van der Waals surface area contributed by atoms with Gasteiger partial charge < -0.3 is 4.74 Å². The predicted molar refractivity (Wildman–Crippen MR) is 88.3 cm³/mol. The number of nitrogens with two attached hydrogens (primary N) is 1. The molecule has 0 saturated carbocycles. The van der Waals surface area contributed by atoms with Crippen LogP contribution in [0.15, 0.2) is 29.6 Å². The molecule has 1 saturated heterocycles. The maximum absolute atomic E-state index is 6.01. The van der Waals surface area contributed by atoms with Crippen molar-refractivity contribution in [3.8, 4) is 0 Å². The molecule has 2 heterocycles. The van der Waals surface area contributed by atoms with E-state index >= 15 is 0 Å². The summed E-state index contributed by atoms with van der Waals surface area (Å²) in [5.74, 6) is 5.87. The van der Waals surface area contributed by atoms with Crippen LogP contribution in [0.5, 0.6) is 0 Å². The molecule has 2 unspecified atom stereocenters. The fourth-order valence-electron chi connectivity index (χ4n) is 3.03. The molecule has 0 spiro atoms. The van der Waals surface area contributed by atoms with Gasteiger partial charge in [0, 0.05) is 23.8 Å². The van der Waals surface area contributed by atoms with Gasteiger partial charge in [0.2, 0.25) is 0 Å². The fraction of sp³-hybridized carbons (Fsp3) is 0.500. The molecule has 1 aromatic heterocycles. The summed E-state index contributed by atoms with van der Waals surface area (Å²) in [7, 11) is 0. The third-order valence-corrected chi connectivity index (χ3v) is 5.23. The number of benzene rings is 1. The molecule has 2 aromatic rings. The molecule has 0 aliphatic carbocycles. The SMILES string of the molecule is CC(C)N1CCOC(C(NN)c2cccc3ccsc23)C1. The molecule has 1 aliphatic rings. The van der Waals surface area contributed by atoms with Crippen molar-refractivity contribution in [2.24, 2.45) is 5.84 Å². The van der Waals surface area contributed by atoms with Crippen molar-refractivity contribution < 1.29 is 4.74 Å². The Balaban J connectivity index is 1.89. The molecule has 114 valence electrons. The molecule has 5 heteroatoms. The van der Waals surface area contributed by atoms with Crippen LogP contribution in [0.4, 0.5) is 0 Å². The summed E-state index contributed by atoms with van der Waals surface area (Å²) >= 11 is 1.76. The van der Waals surface area contributed by atoms with E-state index in [1.165, 1.54) is 15.6 Å². The van der Waals surface area contributed by atoms with Crippen molar-refractivity contribution in [2.75, 3.05) is 19.7 Å². The standard InChI is InChI=1S/C16H23N3OS/c1-11(2)19-7-8-20-14(10-19)15(18-17)13-5-3-4-12-6-9-21-16(12)13/h3-6,9,11,14-15,18H,7-8,10,17H2,1-2H3. The first-order valence-corrected chi connectivity index (χ1v) is 8.36. The van der Waals surface area contributed by atoms with Gasteiger partial charge in [-0.1, -0.05) is 18.2 Å². The molecule has 1 aliphatic heterocycles. The van der Waals surface area contributed by atoms with Gasteiger partial charge in [0.25, 0.3) is 0 Å². The van der Waals surface area contributed by atoms with E-state index < -0.39 is 0 Å². The van der Waals surface area contributed by atoms with Crippen molar-refractivity contribution in [2.45, 2.75) is 32.0 Å². The Kier molecular flexibility index (Phi) is 4.57. The van der Waals surface area contributed by atoms with Gasteiger partial charge in [0.1, 0.15) is 0 Å². The van der Waals surface area contributed by atoms with Gasteiger partial charge in [-0.2, -0.15) is 0 Å². The van der Waals surface area contributed by atoms with E-state index in [-0.39, 0.29) is 12.1 Å². The molecular weight excluding hydrogens is 282 g/mol. The quantitative estimate of drug-likeness (QED) is 0.673. The molecule has 3 rings (SSSR count). The maximum Gasteiger partial charge on any atom is 0.0910 e. The molecule has 1 aromatic carbocycles. The molecule has 0 bridgehead atoms. The van der Waals surface area contributed by atoms with Gasteiger partial charge in [-0.15, -0.1) is 11.3 Å². The lowest BCUT2D eigenvalue weighted by Crippen LogP contribution is -2.51. The van der Waals surface area contributed by atoms with Crippen LogP contribution in [0.25, 0.3) is 10.1 Å². The van der Waals surface area contributed by atoms with E-state index in [2.05, 4.69) is 53.8 Å². The molecule has 2 atom stereocenters. The Hall–Kier alpha value is -0.980. The van der Waals surface area contributed by atoms with Crippen LogP contribution in [-0.2, 0) is 4.74 Å². The molecule has 21 heavy (non-hydrogen) atoms. The van der Waals surface area contributed by atoms with E-state index in [0.29, 0.717) is 6.04 Å². The monoisotopic (exact) mass is 305 g/mol. The first-order chi connectivity index (χ1) is 10.2. The minimum Gasteiger partial charge on any atom is -0.374 e. The molecule has 0 amide bonds. The number of hydrogen-bond donors (Lipinski definition) is 2. The molecular formula is C16H23N3OS. The van der Waals surface area contributed by atoms with E-state index in [4.69, 9.17) is 10.6 Å². The van der Waals surface area contributed by atoms with Crippen LogP contribution < -0.4 is 11.3 Å². The van der Waals surface area contributed by atoms with Gasteiger partial charge in [-0.25, -0.2) is 0 Å². The van der Waals surface area contributed by atoms with Crippen LogP contribution in [0.3, 0.4) is 0 Å². The number of ether oxygens (including phenoxy) is 1. The zero-order chi connectivity index (χ0) is 14.8. The second-order valence-electron chi connectivity index (χ2n) is 5.83. The summed E-state index contributed by atoms with van der Waals surface area (Å²) in [6, 6.07) is 9.10. The van der Waals surface area contributed by atoms with Crippen LogP contribution in [0.1, 0.15) is 25.5 Å². The highest BCUT2D eigenvalue weighted by atomic mass is 32.1. The van der Waals surface area contributed by atoms with Gasteiger partial charge >= 0.3 is 0 Å². The third kappa shape index (κ3) is 2.98. The lowest BCUT2D eigenvalue weighted by atomic mass is 9.99. The highest BCUT2D eigenvalue weighted by Gasteiger charge is 2.30. The average molecular weight is 305 g/mol.